The highest BCUT2D eigenvalue weighted by Crippen LogP contribution is 2.28. The van der Waals surface area contributed by atoms with Gasteiger partial charge in [0.25, 0.3) is 0 Å². The van der Waals surface area contributed by atoms with Crippen molar-refractivity contribution in [3.05, 3.63) is 53.1 Å². The van der Waals surface area contributed by atoms with Gasteiger partial charge in [-0.05, 0) is 46.9 Å². The molecule has 0 aliphatic heterocycles. The molecule has 0 amide bonds. The second kappa shape index (κ2) is 7.32. The van der Waals surface area contributed by atoms with Crippen LogP contribution in [0, 0.1) is 5.92 Å². The molecule has 0 aliphatic carbocycles. The molecule has 116 valence electrons. The number of carbonyl (C=O) groups is 1. The van der Waals surface area contributed by atoms with Gasteiger partial charge in [-0.1, -0.05) is 43.6 Å². The van der Waals surface area contributed by atoms with Crippen LogP contribution < -0.4 is 4.74 Å². The Hall–Kier alpha value is -2.00. The quantitative estimate of drug-likeness (QED) is 0.842. The molecule has 22 heavy (non-hydrogen) atoms. The van der Waals surface area contributed by atoms with Gasteiger partial charge in [-0.15, -0.1) is 0 Å². The van der Waals surface area contributed by atoms with Gasteiger partial charge < -0.3 is 9.84 Å². The maximum absolute atomic E-state index is 11.0. The maximum atomic E-state index is 11.0. The van der Waals surface area contributed by atoms with Gasteiger partial charge in [-0.3, -0.25) is 4.79 Å². The zero-order valence-corrected chi connectivity index (χ0v) is 13.4. The van der Waals surface area contributed by atoms with Crippen molar-refractivity contribution in [1.82, 2.24) is 0 Å². The van der Waals surface area contributed by atoms with Gasteiger partial charge in [0.1, 0.15) is 5.75 Å². The first-order chi connectivity index (χ1) is 10.4. The molecule has 0 heterocycles. The Morgan fingerprint density at radius 3 is 2.41 bits per heavy atom. The average Bonchev–Trinajstić information content (AvgIpc) is 2.45. The van der Waals surface area contributed by atoms with Crippen LogP contribution in [0.25, 0.3) is 11.1 Å². The summed E-state index contributed by atoms with van der Waals surface area (Å²) in [6, 6.07) is 13.0. The Balaban J connectivity index is 2.36. The predicted octanol–water partition coefficient (Wildman–Crippen LogP) is 4.67. The lowest BCUT2D eigenvalue weighted by Crippen LogP contribution is -2.06. The van der Waals surface area contributed by atoms with E-state index in [9.17, 15) is 4.79 Å². The summed E-state index contributed by atoms with van der Waals surface area (Å²) in [6.07, 6.45) is -0.0283. The molecule has 1 N–H and O–H groups in total. The van der Waals surface area contributed by atoms with Crippen LogP contribution in [0.2, 0.25) is 5.02 Å². The van der Waals surface area contributed by atoms with E-state index in [1.54, 1.807) is 6.07 Å². The Bertz CT molecular complexity index is 648. The van der Waals surface area contributed by atoms with E-state index in [1.807, 2.05) is 36.4 Å². The number of ether oxygens (including phenoxy) is 1. The van der Waals surface area contributed by atoms with E-state index < -0.39 is 5.97 Å². The van der Waals surface area contributed by atoms with Gasteiger partial charge in [0.2, 0.25) is 0 Å². The van der Waals surface area contributed by atoms with Crippen LogP contribution in [-0.4, -0.2) is 17.7 Å². The normalized spacial score (nSPS) is 10.7. The smallest absolute Gasteiger partial charge is 0.307 e. The molecule has 2 aromatic rings. The minimum Gasteiger partial charge on any atom is -0.493 e. The summed E-state index contributed by atoms with van der Waals surface area (Å²) in [5.74, 6) is 0.238. The minimum atomic E-state index is -0.858. The van der Waals surface area contributed by atoms with Crippen LogP contribution in [0.4, 0.5) is 0 Å². The van der Waals surface area contributed by atoms with Crippen LogP contribution in [0.1, 0.15) is 19.4 Å². The van der Waals surface area contributed by atoms with Crippen LogP contribution in [0.3, 0.4) is 0 Å². The standard InChI is InChI=1S/C18H19ClO3/c1-12(2)11-22-17-8-13(9-18(20)21)7-15(10-17)14-3-5-16(19)6-4-14/h3-8,10,12H,9,11H2,1-2H3,(H,20,21). The topological polar surface area (TPSA) is 46.5 Å². The zero-order chi connectivity index (χ0) is 16.1. The van der Waals surface area contributed by atoms with Gasteiger partial charge in [-0.25, -0.2) is 0 Å². The largest absolute Gasteiger partial charge is 0.493 e. The van der Waals surface area contributed by atoms with Crippen molar-refractivity contribution in [2.24, 2.45) is 5.92 Å². The van der Waals surface area contributed by atoms with Gasteiger partial charge in [0, 0.05) is 5.02 Å². The third-order valence-corrected chi connectivity index (χ3v) is 3.33. The van der Waals surface area contributed by atoms with E-state index in [4.69, 9.17) is 21.4 Å². The maximum Gasteiger partial charge on any atom is 0.307 e. The van der Waals surface area contributed by atoms with Crippen molar-refractivity contribution in [3.8, 4) is 16.9 Å². The molecule has 0 spiro atoms. The number of carboxylic acids is 1. The van der Waals surface area contributed by atoms with Crippen LogP contribution >= 0.6 is 11.6 Å². The lowest BCUT2D eigenvalue weighted by molar-refractivity contribution is -0.136. The number of halogens is 1. The van der Waals surface area contributed by atoms with Crippen molar-refractivity contribution in [1.29, 1.82) is 0 Å². The SMILES string of the molecule is CC(C)COc1cc(CC(=O)O)cc(-c2ccc(Cl)cc2)c1. The van der Waals surface area contributed by atoms with Crippen molar-refractivity contribution < 1.29 is 14.6 Å². The first kappa shape index (κ1) is 16.4. The van der Waals surface area contributed by atoms with Gasteiger partial charge >= 0.3 is 5.97 Å². The first-order valence-electron chi connectivity index (χ1n) is 7.18. The van der Waals surface area contributed by atoms with Crippen LogP contribution in [0.5, 0.6) is 5.75 Å². The highest BCUT2D eigenvalue weighted by Gasteiger charge is 2.08. The highest BCUT2D eigenvalue weighted by molar-refractivity contribution is 6.30. The molecule has 0 bridgehead atoms. The van der Waals surface area contributed by atoms with Crippen molar-refractivity contribution in [3.63, 3.8) is 0 Å². The van der Waals surface area contributed by atoms with Crippen LogP contribution in [-0.2, 0) is 11.2 Å². The molecule has 0 unspecified atom stereocenters. The fourth-order valence-electron chi connectivity index (χ4n) is 2.09. The first-order valence-corrected chi connectivity index (χ1v) is 7.56. The molecule has 3 nitrogen and oxygen atoms in total. The molecular weight excluding hydrogens is 300 g/mol. The van der Waals surface area contributed by atoms with E-state index in [0.29, 0.717) is 23.3 Å². The fraction of sp³-hybridized carbons (Fsp3) is 0.278. The zero-order valence-electron chi connectivity index (χ0n) is 12.7. The number of benzene rings is 2. The molecule has 2 aromatic carbocycles. The molecule has 0 saturated heterocycles. The summed E-state index contributed by atoms with van der Waals surface area (Å²) in [7, 11) is 0. The fourth-order valence-corrected chi connectivity index (χ4v) is 2.22. The van der Waals surface area contributed by atoms with E-state index in [0.717, 1.165) is 16.7 Å². The summed E-state index contributed by atoms with van der Waals surface area (Å²) in [6.45, 7) is 4.74. The second-order valence-corrected chi connectivity index (χ2v) is 6.08. The second-order valence-electron chi connectivity index (χ2n) is 5.65. The number of carboxylic acid groups (broad SMARTS) is 1. The van der Waals surface area contributed by atoms with Crippen molar-refractivity contribution >= 4 is 17.6 Å². The third kappa shape index (κ3) is 4.78. The van der Waals surface area contributed by atoms with E-state index in [2.05, 4.69) is 13.8 Å². The molecule has 2 rings (SSSR count). The number of hydrogen-bond donors (Lipinski definition) is 1. The lowest BCUT2D eigenvalue weighted by Gasteiger charge is -2.12. The van der Waals surface area contributed by atoms with Crippen molar-refractivity contribution in [2.45, 2.75) is 20.3 Å². The van der Waals surface area contributed by atoms with Gasteiger partial charge in [0.15, 0.2) is 0 Å². The Labute approximate surface area is 135 Å². The summed E-state index contributed by atoms with van der Waals surface area (Å²) in [5, 5.41) is 9.68. The van der Waals surface area contributed by atoms with Gasteiger partial charge in [-0.2, -0.15) is 0 Å². The summed E-state index contributed by atoms with van der Waals surface area (Å²) >= 11 is 5.91. The molecule has 0 radical (unpaired) electrons. The molecule has 0 saturated carbocycles. The third-order valence-electron chi connectivity index (χ3n) is 3.08. The molecule has 0 atom stereocenters. The predicted molar refractivity (Wildman–Crippen MR) is 88.6 cm³/mol. The monoisotopic (exact) mass is 318 g/mol. The minimum absolute atomic E-state index is 0.0283. The molecule has 0 aliphatic rings. The Morgan fingerprint density at radius 1 is 1.14 bits per heavy atom. The van der Waals surface area contributed by atoms with Crippen LogP contribution in [0.15, 0.2) is 42.5 Å². The van der Waals surface area contributed by atoms with E-state index >= 15 is 0 Å². The number of hydrogen-bond acceptors (Lipinski definition) is 2. The molecular formula is C18H19ClO3. The molecule has 0 fully saturated rings. The van der Waals surface area contributed by atoms with E-state index in [1.165, 1.54) is 0 Å². The lowest BCUT2D eigenvalue weighted by atomic mass is 10.0. The molecule has 4 heteroatoms. The Kier molecular flexibility index (Phi) is 5.45. The van der Waals surface area contributed by atoms with E-state index in [-0.39, 0.29) is 6.42 Å². The average molecular weight is 319 g/mol. The summed E-state index contributed by atoms with van der Waals surface area (Å²) < 4.78 is 5.76. The number of aliphatic carboxylic acids is 1. The molecule has 0 aromatic heterocycles. The highest BCUT2D eigenvalue weighted by atomic mass is 35.5. The summed E-state index contributed by atoms with van der Waals surface area (Å²) in [5.41, 5.74) is 2.62. The Morgan fingerprint density at radius 2 is 1.82 bits per heavy atom. The van der Waals surface area contributed by atoms with Crippen molar-refractivity contribution in [2.75, 3.05) is 6.61 Å². The van der Waals surface area contributed by atoms with Gasteiger partial charge in [0.05, 0.1) is 13.0 Å². The number of rotatable bonds is 6. The summed E-state index contributed by atoms with van der Waals surface area (Å²) in [4.78, 5) is 11.0.